The van der Waals surface area contributed by atoms with Gasteiger partial charge in [-0.3, -0.25) is 0 Å². The Morgan fingerprint density at radius 2 is 2.10 bits per heavy atom. The predicted molar refractivity (Wildman–Crippen MR) is 82.3 cm³/mol. The lowest BCUT2D eigenvalue weighted by atomic mass is 9.95. The van der Waals surface area contributed by atoms with Gasteiger partial charge in [-0.1, -0.05) is 13.0 Å². The molecular weight excluding hydrogens is 250 g/mol. The SMILES string of the molecule is CCNC(C)(CO)CC(C)Oc1ccc2c(c1)CCC2. The van der Waals surface area contributed by atoms with Crippen molar-refractivity contribution in [2.75, 3.05) is 13.2 Å². The van der Waals surface area contributed by atoms with Gasteiger partial charge in [0, 0.05) is 12.0 Å². The highest BCUT2D eigenvalue weighted by Crippen LogP contribution is 2.27. The van der Waals surface area contributed by atoms with Crippen LogP contribution in [-0.2, 0) is 12.8 Å². The van der Waals surface area contributed by atoms with Crippen LogP contribution < -0.4 is 10.1 Å². The monoisotopic (exact) mass is 277 g/mol. The number of aliphatic hydroxyl groups is 1. The molecule has 0 saturated heterocycles. The second-order valence-electron chi connectivity index (χ2n) is 6.17. The first-order chi connectivity index (χ1) is 9.56. The van der Waals surface area contributed by atoms with Crippen LogP contribution in [0, 0.1) is 0 Å². The third-order valence-electron chi connectivity index (χ3n) is 4.10. The molecule has 112 valence electrons. The molecular formula is C17H27NO2. The molecule has 1 aromatic rings. The first-order valence-corrected chi connectivity index (χ1v) is 7.70. The van der Waals surface area contributed by atoms with Crippen molar-refractivity contribution >= 4 is 0 Å². The van der Waals surface area contributed by atoms with E-state index in [9.17, 15) is 5.11 Å². The molecule has 20 heavy (non-hydrogen) atoms. The highest BCUT2D eigenvalue weighted by molar-refractivity contribution is 5.38. The number of hydrogen-bond donors (Lipinski definition) is 2. The van der Waals surface area contributed by atoms with Gasteiger partial charge < -0.3 is 15.2 Å². The molecule has 2 atom stereocenters. The van der Waals surface area contributed by atoms with E-state index in [1.165, 1.54) is 30.4 Å². The van der Waals surface area contributed by atoms with Gasteiger partial charge in [0.1, 0.15) is 5.75 Å². The minimum atomic E-state index is -0.273. The number of fused-ring (bicyclic) bond motifs is 1. The zero-order valence-electron chi connectivity index (χ0n) is 12.9. The number of aliphatic hydroxyl groups excluding tert-OH is 1. The molecule has 0 saturated carbocycles. The van der Waals surface area contributed by atoms with Crippen LogP contribution in [0.3, 0.4) is 0 Å². The molecule has 3 nitrogen and oxygen atoms in total. The van der Waals surface area contributed by atoms with Gasteiger partial charge in [0.2, 0.25) is 0 Å². The van der Waals surface area contributed by atoms with Crippen molar-refractivity contribution in [1.29, 1.82) is 0 Å². The Kier molecular flexibility index (Phi) is 5.06. The summed E-state index contributed by atoms with van der Waals surface area (Å²) in [6.45, 7) is 7.14. The number of nitrogens with one attached hydrogen (secondary N) is 1. The van der Waals surface area contributed by atoms with E-state index in [4.69, 9.17) is 4.74 Å². The second kappa shape index (κ2) is 6.59. The normalized spacial score (nSPS) is 18.4. The molecule has 2 unspecified atom stereocenters. The van der Waals surface area contributed by atoms with E-state index in [0.717, 1.165) is 18.7 Å². The van der Waals surface area contributed by atoms with Gasteiger partial charge in [0.05, 0.1) is 12.7 Å². The lowest BCUT2D eigenvalue weighted by molar-refractivity contribution is 0.111. The molecule has 2 rings (SSSR count). The quantitative estimate of drug-likeness (QED) is 0.805. The van der Waals surface area contributed by atoms with E-state index in [-0.39, 0.29) is 18.2 Å². The van der Waals surface area contributed by atoms with Crippen molar-refractivity contribution < 1.29 is 9.84 Å². The third kappa shape index (κ3) is 3.74. The van der Waals surface area contributed by atoms with Gasteiger partial charge in [0.15, 0.2) is 0 Å². The van der Waals surface area contributed by atoms with Crippen molar-refractivity contribution in [2.45, 2.75) is 58.1 Å². The van der Waals surface area contributed by atoms with Crippen molar-refractivity contribution in [1.82, 2.24) is 5.32 Å². The predicted octanol–water partition coefficient (Wildman–Crippen LogP) is 2.69. The molecule has 0 aliphatic heterocycles. The van der Waals surface area contributed by atoms with Gasteiger partial charge >= 0.3 is 0 Å². The first-order valence-electron chi connectivity index (χ1n) is 7.70. The van der Waals surface area contributed by atoms with Gasteiger partial charge in [-0.15, -0.1) is 0 Å². The van der Waals surface area contributed by atoms with Crippen molar-refractivity contribution in [3.8, 4) is 5.75 Å². The molecule has 0 bridgehead atoms. The average molecular weight is 277 g/mol. The minimum absolute atomic E-state index is 0.0747. The molecule has 0 amide bonds. The van der Waals surface area contributed by atoms with E-state index in [2.05, 4.69) is 37.4 Å². The van der Waals surface area contributed by atoms with E-state index >= 15 is 0 Å². The Morgan fingerprint density at radius 3 is 2.80 bits per heavy atom. The standard InChI is InChI=1S/C17H27NO2/c1-4-18-17(3,12-19)11-13(2)20-16-9-8-14-6-5-7-15(14)10-16/h8-10,13,18-19H,4-7,11-12H2,1-3H3. The van der Waals surface area contributed by atoms with E-state index in [1.807, 2.05) is 6.92 Å². The van der Waals surface area contributed by atoms with Gasteiger partial charge in [0.25, 0.3) is 0 Å². The Labute approximate surface area is 122 Å². The number of likely N-dealkylation sites (N-methyl/N-ethyl adjacent to an activating group) is 1. The van der Waals surface area contributed by atoms with Gasteiger partial charge in [-0.2, -0.15) is 0 Å². The molecule has 0 radical (unpaired) electrons. The summed E-state index contributed by atoms with van der Waals surface area (Å²) < 4.78 is 6.03. The summed E-state index contributed by atoms with van der Waals surface area (Å²) in [5.74, 6) is 0.954. The fourth-order valence-electron chi connectivity index (χ4n) is 3.15. The summed E-state index contributed by atoms with van der Waals surface area (Å²) in [6, 6.07) is 6.45. The van der Waals surface area contributed by atoms with E-state index in [1.54, 1.807) is 0 Å². The van der Waals surface area contributed by atoms with Gasteiger partial charge in [-0.25, -0.2) is 0 Å². The molecule has 1 aliphatic carbocycles. The molecule has 1 aromatic carbocycles. The summed E-state index contributed by atoms with van der Waals surface area (Å²) in [7, 11) is 0. The maximum atomic E-state index is 9.54. The lowest BCUT2D eigenvalue weighted by Gasteiger charge is -2.31. The summed E-state index contributed by atoms with van der Waals surface area (Å²) in [5, 5.41) is 12.9. The lowest BCUT2D eigenvalue weighted by Crippen LogP contribution is -2.48. The topological polar surface area (TPSA) is 41.5 Å². The fourth-order valence-corrected chi connectivity index (χ4v) is 3.15. The number of hydrogen-bond acceptors (Lipinski definition) is 3. The number of aryl methyl sites for hydroxylation is 2. The van der Waals surface area contributed by atoms with Crippen molar-refractivity contribution in [3.05, 3.63) is 29.3 Å². The maximum absolute atomic E-state index is 9.54. The first kappa shape index (κ1) is 15.3. The van der Waals surface area contributed by atoms with E-state index < -0.39 is 0 Å². The van der Waals surface area contributed by atoms with Crippen LogP contribution in [-0.4, -0.2) is 29.9 Å². The minimum Gasteiger partial charge on any atom is -0.491 e. The van der Waals surface area contributed by atoms with Crippen LogP contribution in [0.1, 0.15) is 44.7 Å². The summed E-state index contributed by atoms with van der Waals surface area (Å²) in [5.41, 5.74) is 2.63. The smallest absolute Gasteiger partial charge is 0.119 e. The summed E-state index contributed by atoms with van der Waals surface area (Å²) >= 11 is 0. The molecule has 2 N–H and O–H groups in total. The summed E-state index contributed by atoms with van der Waals surface area (Å²) in [4.78, 5) is 0. The molecule has 0 aromatic heterocycles. The third-order valence-corrected chi connectivity index (χ3v) is 4.10. The maximum Gasteiger partial charge on any atom is 0.119 e. The fraction of sp³-hybridized carbons (Fsp3) is 0.647. The van der Waals surface area contributed by atoms with Crippen molar-refractivity contribution in [3.63, 3.8) is 0 Å². The highest BCUT2D eigenvalue weighted by atomic mass is 16.5. The van der Waals surface area contributed by atoms with Gasteiger partial charge in [-0.05, 0) is 62.9 Å². The molecule has 0 spiro atoms. The summed E-state index contributed by atoms with van der Waals surface area (Å²) in [6.07, 6.45) is 4.50. The molecule has 1 aliphatic rings. The van der Waals surface area contributed by atoms with Crippen LogP contribution >= 0.6 is 0 Å². The number of ether oxygens (including phenoxy) is 1. The zero-order chi connectivity index (χ0) is 14.6. The zero-order valence-corrected chi connectivity index (χ0v) is 12.9. The average Bonchev–Trinajstić information content (AvgIpc) is 2.86. The van der Waals surface area contributed by atoms with Crippen LogP contribution in [0.15, 0.2) is 18.2 Å². The van der Waals surface area contributed by atoms with Crippen LogP contribution in [0.2, 0.25) is 0 Å². The van der Waals surface area contributed by atoms with Crippen LogP contribution in [0.25, 0.3) is 0 Å². The molecule has 0 heterocycles. The number of benzene rings is 1. The second-order valence-corrected chi connectivity index (χ2v) is 6.17. The largest absolute Gasteiger partial charge is 0.491 e. The van der Waals surface area contributed by atoms with Crippen LogP contribution in [0.5, 0.6) is 5.75 Å². The molecule has 0 fully saturated rings. The Morgan fingerprint density at radius 1 is 1.35 bits per heavy atom. The Bertz CT molecular complexity index is 447. The van der Waals surface area contributed by atoms with Crippen LogP contribution in [0.4, 0.5) is 0 Å². The highest BCUT2D eigenvalue weighted by Gasteiger charge is 2.25. The Balaban J connectivity index is 1.95. The Hall–Kier alpha value is -1.06. The van der Waals surface area contributed by atoms with Crippen molar-refractivity contribution in [2.24, 2.45) is 0 Å². The van der Waals surface area contributed by atoms with E-state index in [0.29, 0.717) is 0 Å². The molecule has 3 heteroatoms. The number of rotatable bonds is 7.